The Morgan fingerprint density at radius 2 is 1.92 bits per heavy atom. The molecule has 0 radical (unpaired) electrons. The van der Waals surface area contributed by atoms with Gasteiger partial charge in [-0.15, -0.1) is 0 Å². The molecule has 0 N–H and O–H groups in total. The highest BCUT2D eigenvalue weighted by atomic mass is 35.5. The number of methoxy groups -OCH3 is 1. The first kappa shape index (κ1) is 18.9. The highest BCUT2D eigenvalue weighted by Gasteiger charge is 2.27. The molecule has 0 spiro atoms. The Bertz CT molecular complexity index is 939. The van der Waals surface area contributed by atoms with Crippen LogP contribution in [-0.4, -0.2) is 27.2 Å². The summed E-state index contributed by atoms with van der Waals surface area (Å²) >= 11 is 5.81. The third kappa shape index (κ3) is 3.91. The minimum absolute atomic E-state index is 0.000986. The molecule has 0 aromatic heterocycles. The van der Waals surface area contributed by atoms with E-state index in [4.69, 9.17) is 11.6 Å². The monoisotopic (exact) mass is 396 g/mol. The fourth-order valence-corrected chi connectivity index (χ4v) is 5.09. The Kier molecular flexibility index (Phi) is 5.34. The van der Waals surface area contributed by atoms with Crippen LogP contribution in [0, 0.1) is 11.7 Å². The van der Waals surface area contributed by atoms with Crippen LogP contribution in [0.15, 0.2) is 41.3 Å². The summed E-state index contributed by atoms with van der Waals surface area (Å²) in [4.78, 5) is 11.9. The lowest BCUT2D eigenvalue weighted by Gasteiger charge is -2.25. The van der Waals surface area contributed by atoms with Crippen molar-refractivity contribution in [2.45, 2.75) is 24.2 Å². The first-order chi connectivity index (χ1) is 12.3. The summed E-state index contributed by atoms with van der Waals surface area (Å²) in [6.45, 7) is 0. The van der Waals surface area contributed by atoms with Gasteiger partial charge in [0.2, 0.25) is 0 Å². The number of ether oxygens (including phenoxy) is 1. The Morgan fingerprint density at radius 1 is 1.23 bits per heavy atom. The van der Waals surface area contributed by atoms with Gasteiger partial charge in [0.1, 0.15) is 5.82 Å². The number of sulfone groups is 1. The summed E-state index contributed by atoms with van der Waals surface area (Å²) in [6, 6.07) is 8.94. The molecule has 1 aliphatic carbocycles. The quantitative estimate of drug-likeness (QED) is 0.736. The SMILES string of the molecule is COC(=O)c1cc2c(cc1F)CCC(CS(=O)(=O)c1ccc(Cl)cc1)C2. The average molecular weight is 397 g/mol. The number of halogens is 2. The van der Waals surface area contributed by atoms with Gasteiger partial charge in [0, 0.05) is 5.02 Å². The van der Waals surface area contributed by atoms with Gasteiger partial charge in [0.25, 0.3) is 0 Å². The number of fused-ring (bicyclic) bond motifs is 1. The highest BCUT2D eigenvalue weighted by molar-refractivity contribution is 7.91. The first-order valence-corrected chi connectivity index (χ1v) is 10.2. The standard InChI is InChI=1S/C19H18ClFO4S/c1-25-19(22)17-9-14-8-12(2-3-13(14)10-18(17)21)11-26(23,24)16-6-4-15(20)5-7-16/h4-7,9-10,12H,2-3,8,11H2,1H3. The third-order valence-electron chi connectivity index (χ3n) is 4.65. The molecule has 0 saturated heterocycles. The first-order valence-electron chi connectivity index (χ1n) is 8.18. The molecule has 2 aromatic rings. The fraction of sp³-hybridized carbons (Fsp3) is 0.316. The zero-order valence-electron chi connectivity index (χ0n) is 14.2. The molecule has 0 bridgehead atoms. The molecular weight excluding hydrogens is 379 g/mol. The summed E-state index contributed by atoms with van der Waals surface area (Å²) in [6.07, 6.45) is 1.71. The topological polar surface area (TPSA) is 60.4 Å². The maximum atomic E-state index is 14.0. The Morgan fingerprint density at radius 3 is 2.58 bits per heavy atom. The molecule has 138 valence electrons. The van der Waals surface area contributed by atoms with Crippen molar-refractivity contribution in [1.29, 1.82) is 0 Å². The van der Waals surface area contributed by atoms with E-state index in [1.807, 2.05) is 0 Å². The lowest BCUT2D eigenvalue weighted by Crippen LogP contribution is -2.23. The highest BCUT2D eigenvalue weighted by Crippen LogP contribution is 2.30. The molecular formula is C19H18ClFO4S. The van der Waals surface area contributed by atoms with Gasteiger partial charge in [-0.05, 0) is 72.7 Å². The Labute approximate surface area is 156 Å². The van der Waals surface area contributed by atoms with Gasteiger partial charge in [-0.2, -0.15) is 0 Å². The van der Waals surface area contributed by atoms with Crippen molar-refractivity contribution in [1.82, 2.24) is 0 Å². The molecule has 7 heteroatoms. The van der Waals surface area contributed by atoms with Gasteiger partial charge < -0.3 is 4.74 Å². The van der Waals surface area contributed by atoms with Crippen molar-refractivity contribution in [2.75, 3.05) is 12.9 Å². The molecule has 0 heterocycles. The van der Waals surface area contributed by atoms with Crippen LogP contribution in [0.3, 0.4) is 0 Å². The fourth-order valence-electron chi connectivity index (χ4n) is 3.31. The summed E-state index contributed by atoms with van der Waals surface area (Å²) in [5, 5.41) is 0.480. The number of carbonyl (C=O) groups is 1. The van der Waals surface area contributed by atoms with Gasteiger partial charge in [-0.1, -0.05) is 11.6 Å². The van der Waals surface area contributed by atoms with Crippen LogP contribution in [0.1, 0.15) is 27.9 Å². The van der Waals surface area contributed by atoms with E-state index in [0.29, 0.717) is 24.3 Å². The second-order valence-electron chi connectivity index (χ2n) is 6.44. The second-order valence-corrected chi connectivity index (χ2v) is 8.91. The minimum atomic E-state index is -3.44. The van der Waals surface area contributed by atoms with Gasteiger partial charge in [-0.25, -0.2) is 17.6 Å². The lowest BCUT2D eigenvalue weighted by molar-refractivity contribution is 0.0595. The van der Waals surface area contributed by atoms with E-state index < -0.39 is 21.6 Å². The van der Waals surface area contributed by atoms with Crippen LogP contribution in [0.2, 0.25) is 5.02 Å². The van der Waals surface area contributed by atoms with Crippen LogP contribution in [0.5, 0.6) is 0 Å². The molecule has 1 aliphatic rings. The molecule has 0 amide bonds. The maximum Gasteiger partial charge on any atom is 0.340 e. The minimum Gasteiger partial charge on any atom is -0.465 e. The van der Waals surface area contributed by atoms with E-state index >= 15 is 0 Å². The molecule has 4 nitrogen and oxygen atoms in total. The second kappa shape index (κ2) is 7.37. The zero-order valence-corrected chi connectivity index (χ0v) is 15.7. The number of carbonyl (C=O) groups excluding carboxylic acids is 1. The molecule has 26 heavy (non-hydrogen) atoms. The smallest absolute Gasteiger partial charge is 0.340 e. The summed E-state index contributed by atoms with van der Waals surface area (Å²) in [7, 11) is -2.25. The molecule has 0 fully saturated rings. The predicted molar refractivity (Wildman–Crippen MR) is 96.8 cm³/mol. The Balaban J connectivity index is 1.81. The van der Waals surface area contributed by atoms with Crippen LogP contribution in [-0.2, 0) is 27.4 Å². The predicted octanol–water partition coefficient (Wildman–Crippen LogP) is 3.84. The summed E-state index contributed by atoms with van der Waals surface area (Å²) < 4.78 is 43.9. The van der Waals surface area contributed by atoms with Crippen molar-refractivity contribution in [3.05, 3.63) is 63.9 Å². The molecule has 0 aliphatic heterocycles. The van der Waals surface area contributed by atoms with Crippen molar-refractivity contribution in [2.24, 2.45) is 5.92 Å². The number of aryl methyl sites for hydroxylation is 1. The normalized spacial score (nSPS) is 16.8. The molecule has 3 rings (SSSR count). The van der Waals surface area contributed by atoms with Gasteiger partial charge >= 0.3 is 5.97 Å². The van der Waals surface area contributed by atoms with E-state index in [0.717, 1.165) is 11.1 Å². The number of benzene rings is 2. The lowest BCUT2D eigenvalue weighted by atomic mass is 9.84. The number of rotatable bonds is 4. The molecule has 2 aromatic carbocycles. The molecule has 1 unspecified atom stereocenters. The molecule has 1 atom stereocenters. The summed E-state index contributed by atoms with van der Waals surface area (Å²) in [5.41, 5.74) is 1.50. The largest absolute Gasteiger partial charge is 0.465 e. The van der Waals surface area contributed by atoms with Gasteiger partial charge in [0.05, 0.1) is 23.3 Å². The van der Waals surface area contributed by atoms with E-state index in [1.54, 1.807) is 12.1 Å². The number of esters is 1. The van der Waals surface area contributed by atoms with Crippen LogP contribution in [0.4, 0.5) is 4.39 Å². The van der Waals surface area contributed by atoms with E-state index in [2.05, 4.69) is 4.74 Å². The van der Waals surface area contributed by atoms with Crippen molar-refractivity contribution in [3.63, 3.8) is 0 Å². The number of hydrogen-bond acceptors (Lipinski definition) is 4. The van der Waals surface area contributed by atoms with E-state index in [9.17, 15) is 17.6 Å². The Hall–Kier alpha value is -1.92. The van der Waals surface area contributed by atoms with Crippen molar-refractivity contribution < 1.29 is 22.3 Å². The van der Waals surface area contributed by atoms with Gasteiger partial charge in [0.15, 0.2) is 9.84 Å². The van der Waals surface area contributed by atoms with E-state index in [1.165, 1.54) is 31.4 Å². The maximum absolute atomic E-state index is 14.0. The van der Waals surface area contributed by atoms with Crippen molar-refractivity contribution >= 4 is 27.4 Å². The van der Waals surface area contributed by atoms with Crippen LogP contribution in [0.25, 0.3) is 0 Å². The number of hydrogen-bond donors (Lipinski definition) is 0. The summed E-state index contributed by atoms with van der Waals surface area (Å²) in [5.74, 6) is -1.44. The van der Waals surface area contributed by atoms with Crippen LogP contribution >= 0.6 is 11.6 Å². The zero-order chi connectivity index (χ0) is 18.9. The van der Waals surface area contributed by atoms with Gasteiger partial charge in [-0.3, -0.25) is 0 Å². The molecule has 0 saturated carbocycles. The van der Waals surface area contributed by atoms with E-state index in [-0.39, 0.29) is 22.1 Å². The van der Waals surface area contributed by atoms with Crippen molar-refractivity contribution in [3.8, 4) is 0 Å². The third-order valence-corrected chi connectivity index (χ3v) is 6.81. The average Bonchev–Trinajstić information content (AvgIpc) is 2.61. The van der Waals surface area contributed by atoms with Crippen LogP contribution < -0.4 is 0 Å².